The monoisotopic (exact) mass is 1450 g/mol. The van der Waals surface area contributed by atoms with Crippen LogP contribution in [0, 0.1) is 0 Å². The summed E-state index contributed by atoms with van der Waals surface area (Å²) < 4.78 is 0. The summed E-state index contributed by atoms with van der Waals surface area (Å²) >= 11 is 0. The van der Waals surface area contributed by atoms with Gasteiger partial charge in [0.25, 0.3) is 0 Å². The van der Waals surface area contributed by atoms with E-state index in [1.807, 2.05) is 24.5 Å². The maximum absolute atomic E-state index is 5.32. The Morgan fingerprint density at radius 3 is 0.982 bits per heavy atom. The van der Waals surface area contributed by atoms with Gasteiger partial charge in [-0.3, -0.25) is 9.97 Å². The largest absolute Gasteiger partial charge is 0.254 e. The van der Waals surface area contributed by atoms with Gasteiger partial charge in [-0.05, 0) is 193 Å². The lowest BCUT2D eigenvalue weighted by molar-refractivity contribution is 0.991. The van der Waals surface area contributed by atoms with Gasteiger partial charge < -0.3 is 0 Å². The van der Waals surface area contributed by atoms with Crippen molar-refractivity contribution in [3.8, 4) is 101 Å². The Hall–Kier alpha value is -15.1. The summed E-state index contributed by atoms with van der Waals surface area (Å²) in [4.78, 5) is 40.0. The van der Waals surface area contributed by atoms with E-state index in [9.17, 15) is 0 Å². The minimum Gasteiger partial charge on any atom is -0.254 e. The Kier molecular flexibility index (Phi) is 15.9. The van der Waals surface area contributed by atoms with Crippen LogP contribution < -0.4 is 0 Å². The SMILES string of the molecule is C1=Cc2c(c(-c3ccccc3)c3ccccc3c2-c2ccc3cc(-c4ccc5nc(-c6ccc(-c7ccc8ccc9cccnc9c8n7)cc6)ccc5c4)ccc3n2)CC1.c1ccc2c(-c3ccc4cc(-c5ccc6nc(-c7ccc(-c8ccc9ccc%10cccnc%10c9n8)cc7)ccc6c5)ccc4n3)c3ccccc3cc2c1. The minimum atomic E-state index is 0.922. The maximum atomic E-state index is 5.32. The van der Waals surface area contributed by atoms with Crippen molar-refractivity contribution < 1.29 is 0 Å². The van der Waals surface area contributed by atoms with Crippen molar-refractivity contribution in [1.82, 2.24) is 39.9 Å². The van der Waals surface area contributed by atoms with Crippen LogP contribution in [0.2, 0.25) is 0 Å². The highest BCUT2D eigenvalue weighted by molar-refractivity contribution is 6.14. The Morgan fingerprint density at radius 2 is 0.535 bits per heavy atom. The zero-order valence-corrected chi connectivity index (χ0v) is 61.8. The van der Waals surface area contributed by atoms with Crippen LogP contribution in [0.4, 0.5) is 0 Å². The Morgan fingerprint density at radius 1 is 0.202 bits per heavy atom. The average molecular weight is 1450 g/mol. The molecule has 1 aliphatic rings. The zero-order valence-electron chi connectivity index (χ0n) is 61.8. The molecule has 8 nitrogen and oxygen atoms in total. The van der Waals surface area contributed by atoms with E-state index in [1.165, 1.54) is 65.7 Å². The molecule has 0 aliphatic heterocycles. The molecule has 23 rings (SSSR count). The highest BCUT2D eigenvalue weighted by Gasteiger charge is 2.23. The molecule has 530 valence electrons. The highest BCUT2D eigenvalue weighted by Crippen LogP contribution is 2.46. The molecule has 8 heterocycles. The Labute approximate surface area is 656 Å². The first-order chi connectivity index (χ1) is 56.4. The van der Waals surface area contributed by atoms with E-state index in [2.05, 4.69) is 362 Å². The summed E-state index contributed by atoms with van der Waals surface area (Å²) in [5.41, 5.74) is 29.9. The molecule has 0 atom stereocenters. The van der Waals surface area contributed by atoms with E-state index >= 15 is 0 Å². The number of nitrogens with zero attached hydrogens (tertiary/aromatic N) is 8. The van der Waals surface area contributed by atoms with Crippen LogP contribution in [-0.4, -0.2) is 39.9 Å². The van der Waals surface area contributed by atoms with Crippen LogP contribution in [0.3, 0.4) is 0 Å². The van der Waals surface area contributed by atoms with Crippen molar-refractivity contribution in [3.63, 3.8) is 0 Å². The van der Waals surface area contributed by atoms with Gasteiger partial charge in [0.2, 0.25) is 0 Å². The molecule has 114 heavy (non-hydrogen) atoms. The summed E-state index contributed by atoms with van der Waals surface area (Å²) in [6, 6.07) is 125. The van der Waals surface area contributed by atoms with Crippen LogP contribution in [0.5, 0.6) is 0 Å². The van der Waals surface area contributed by atoms with Crippen molar-refractivity contribution in [2.75, 3.05) is 0 Å². The quantitative estimate of drug-likeness (QED) is 0.104. The van der Waals surface area contributed by atoms with Gasteiger partial charge in [-0.2, -0.15) is 0 Å². The van der Waals surface area contributed by atoms with Crippen LogP contribution >= 0.6 is 0 Å². The standard InChI is InChI=1S/C56H36N4.C50H30N4/c1-2-9-37(10-3-1)53-44-12-4-6-14-46(44)54(47-15-7-5-13-45(47)53)52-31-26-43-34-41(24-29-51(43)59-52)40-23-28-50-42(33-40)25-30-48(58-50)35-16-18-36(19-17-35)49-27-22-39-21-20-38-11-8-32-57-55(38)56(39)60-49;1-3-9-41-37(6-1)30-38-7-2-4-10-42(38)48(41)47-26-21-40-29-36(19-24-46(40)53-47)35-18-23-45-39(28-35)20-25-43(52-45)31-11-13-32(14-12-31)44-22-17-34-16-15-33-8-5-27-51-49(33)50(34)54-44/h1-4,6-12,14-34H,5,13H2;1-30H. The van der Waals surface area contributed by atoms with E-state index in [-0.39, 0.29) is 0 Å². The third-order valence-corrected chi connectivity index (χ3v) is 22.8. The fourth-order valence-electron chi connectivity index (χ4n) is 17.1. The third-order valence-electron chi connectivity index (χ3n) is 22.8. The number of aromatic nitrogens is 8. The molecular weight excluding hydrogens is 1390 g/mol. The molecule has 0 bridgehead atoms. The van der Waals surface area contributed by atoms with Gasteiger partial charge >= 0.3 is 0 Å². The first kappa shape index (κ1) is 65.9. The second kappa shape index (κ2) is 27.5. The van der Waals surface area contributed by atoms with E-state index < -0.39 is 0 Å². The molecule has 0 radical (unpaired) electrons. The molecule has 0 saturated carbocycles. The average Bonchev–Trinajstić information content (AvgIpc) is 0.735. The second-order valence-electron chi connectivity index (χ2n) is 29.6. The normalized spacial score (nSPS) is 12.1. The molecule has 14 aromatic carbocycles. The number of fused-ring (bicyclic) bond motifs is 14. The number of benzene rings is 14. The molecule has 8 aromatic heterocycles. The molecular formula is C106H66N8. The highest BCUT2D eigenvalue weighted by atomic mass is 14.8. The molecule has 1 aliphatic carbocycles. The van der Waals surface area contributed by atoms with Gasteiger partial charge in [0.15, 0.2) is 0 Å². The van der Waals surface area contributed by atoms with Crippen molar-refractivity contribution in [3.05, 3.63) is 381 Å². The summed E-state index contributed by atoms with van der Waals surface area (Å²) in [6.45, 7) is 0. The first-order valence-corrected chi connectivity index (χ1v) is 38.8. The van der Waals surface area contributed by atoms with Crippen molar-refractivity contribution in [1.29, 1.82) is 0 Å². The van der Waals surface area contributed by atoms with E-state index in [0.29, 0.717) is 0 Å². The van der Waals surface area contributed by atoms with Gasteiger partial charge in [0, 0.05) is 88.9 Å². The van der Waals surface area contributed by atoms with Crippen LogP contribution in [-0.2, 0) is 6.42 Å². The summed E-state index contributed by atoms with van der Waals surface area (Å²) in [7, 11) is 0. The van der Waals surface area contributed by atoms with Crippen molar-refractivity contribution in [2.24, 2.45) is 0 Å². The molecule has 0 N–H and O–H groups in total. The maximum Gasteiger partial charge on any atom is 0.0972 e. The molecule has 22 aromatic rings. The smallest absolute Gasteiger partial charge is 0.0972 e. The molecule has 0 amide bonds. The lowest BCUT2D eigenvalue weighted by Gasteiger charge is -2.23. The molecule has 0 unspecified atom stereocenters. The summed E-state index contributed by atoms with van der Waals surface area (Å²) in [5.74, 6) is 0. The summed E-state index contributed by atoms with van der Waals surface area (Å²) in [6.07, 6.45) is 10.3. The number of rotatable bonds is 9. The number of hydrogen-bond acceptors (Lipinski definition) is 8. The van der Waals surface area contributed by atoms with Crippen molar-refractivity contribution in [2.45, 2.75) is 12.8 Å². The Balaban J connectivity index is 0.000000140. The van der Waals surface area contributed by atoms with E-state index in [0.717, 1.165) is 179 Å². The van der Waals surface area contributed by atoms with Gasteiger partial charge in [-0.15, -0.1) is 0 Å². The van der Waals surface area contributed by atoms with Gasteiger partial charge in [0.05, 0.1) is 78.3 Å². The molecule has 0 saturated heterocycles. The predicted octanol–water partition coefficient (Wildman–Crippen LogP) is 27.2. The predicted molar refractivity (Wildman–Crippen MR) is 474 cm³/mol. The minimum absolute atomic E-state index is 0.922. The van der Waals surface area contributed by atoms with E-state index in [4.69, 9.17) is 29.9 Å². The van der Waals surface area contributed by atoms with Crippen LogP contribution in [0.25, 0.3) is 227 Å². The fraction of sp³-hybridized carbons (Fsp3) is 0.0189. The van der Waals surface area contributed by atoms with Crippen LogP contribution in [0.1, 0.15) is 17.5 Å². The van der Waals surface area contributed by atoms with Gasteiger partial charge in [-0.25, -0.2) is 29.9 Å². The zero-order chi connectivity index (χ0) is 75.2. The fourth-order valence-corrected chi connectivity index (χ4v) is 17.1. The van der Waals surface area contributed by atoms with E-state index in [1.54, 1.807) is 0 Å². The topological polar surface area (TPSA) is 103 Å². The molecule has 8 heteroatoms. The van der Waals surface area contributed by atoms with Gasteiger partial charge in [0.1, 0.15) is 0 Å². The number of pyridine rings is 8. The lowest BCUT2D eigenvalue weighted by Crippen LogP contribution is -2.03. The Bertz CT molecular complexity index is 7670. The third kappa shape index (κ3) is 11.8. The molecule has 0 spiro atoms. The van der Waals surface area contributed by atoms with Crippen LogP contribution in [0.15, 0.2) is 370 Å². The first-order valence-electron chi connectivity index (χ1n) is 38.8. The molecule has 0 fully saturated rings. The van der Waals surface area contributed by atoms with Crippen molar-refractivity contribution >= 4 is 126 Å². The number of hydrogen-bond donors (Lipinski definition) is 0. The second-order valence-corrected chi connectivity index (χ2v) is 29.6. The summed E-state index contributed by atoms with van der Waals surface area (Å²) in [5, 5.41) is 16.2. The number of allylic oxidation sites excluding steroid dienone is 1. The van der Waals surface area contributed by atoms with Gasteiger partial charge in [-0.1, -0.05) is 261 Å². The lowest BCUT2D eigenvalue weighted by atomic mass is 9.81.